The quantitative estimate of drug-likeness (QED) is 0.472. The van der Waals surface area contributed by atoms with Crippen molar-refractivity contribution in [3.63, 3.8) is 0 Å². The van der Waals surface area contributed by atoms with Crippen molar-refractivity contribution < 1.29 is 9.53 Å². The Kier molecular flexibility index (Phi) is 4.59. The van der Waals surface area contributed by atoms with Gasteiger partial charge in [-0.15, -0.1) is 0 Å². The van der Waals surface area contributed by atoms with Crippen molar-refractivity contribution in [1.82, 2.24) is 0 Å². The summed E-state index contributed by atoms with van der Waals surface area (Å²) < 4.78 is 4.73. The molecule has 0 amide bonds. The molecule has 0 saturated heterocycles. The zero-order valence-electron chi connectivity index (χ0n) is 9.49. The lowest BCUT2D eigenvalue weighted by Crippen LogP contribution is -2.01. The van der Waals surface area contributed by atoms with E-state index in [1.165, 1.54) is 0 Å². The Morgan fingerprint density at radius 3 is 2.94 bits per heavy atom. The fourth-order valence-corrected chi connectivity index (χ4v) is 1.16. The Labute approximate surface area is 100.0 Å². The monoisotopic (exact) mass is 228 g/mol. The number of hydrogen-bond donors (Lipinski definition) is 1. The Hall–Kier alpha value is -2.46. The molecule has 0 aliphatic rings. The number of ether oxygens (including phenoxy) is 1. The molecule has 0 atom stereocenters. The van der Waals surface area contributed by atoms with Crippen LogP contribution in [0.25, 0.3) is 0 Å². The number of hydrogen-bond acceptors (Lipinski definition) is 4. The number of esters is 1. The van der Waals surface area contributed by atoms with Gasteiger partial charge in [0.25, 0.3) is 0 Å². The molecule has 0 aliphatic carbocycles. The SMILES string of the molecule is CCOC(=O)CC#Cc1cc(C#N)ccc1N. The van der Waals surface area contributed by atoms with Gasteiger partial charge < -0.3 is 10.5 Å². The van der Waals surface area contributed by atoms with Gasteiger partial charge in [-0.3, -0.25) is 4.79 Å². The minimum absolute atomic E-state index is 0.0179. The average molecular weight is 228 g/mol. The van der Waals surface area contributed by atoms with Crippen molar-refractivity contribution in [1.29, 1.82) is 5.26 Å². The Bertz CT molecular complexity index is 518. The number of nitriles is 1. The van der Waals surface area contributed by atoms with Gasteiger partial charge in [0.2, 0.25) is 0 Å². The van der Waals surface area contributed by atoms with Gasteiger partial charge in [0.05, 0.1) is 18.2 Å². The maximum absolute atomic E-state index is 11.0. The minimum atomic E-state index is -0.366. The van der Waals surface area contributed by atoms with Gasteiger partial charge in [0.1, 0.15) is 6.42 Å². The molecule has 1 aromatic carbocycles. The molecular formula is C13H12N2O2. The summed E-state index contributed by atoms with van der Waals surface area (Å²) in [6, 6.07) is 6.82. The van der Waals surface area contributed by atoms with E-state index in [0.717, 1.165) is 0 Å². The predicted octanol–water partition coefficient (Wildman–Crippen LogP) is 1.45. The van der Waals surface area contributed by atoms with Crippen molar-refractivity contribution in [2.24, 2.45) is 0 Å². The normalized spacial score (nSPS) is 8.71. The first kappa shape index (κ1) is 12.6. The summed E-state index contributed by atoms with van der Waals surface area (Å²) in [7, 11) is 0. The lowest BCUT2D eigenvalue weighted by molar-refractivity contribution is -0.141. The standard InChI is InChI=1S/C13H12N2O2/c1-2-17-13(16)5-3-4-11-8-10(9-14)6-7-12(11)15/h6-8H,2,5,15H2,1H3. The molecule has 0 saturated carbocycles. The van der Waals surface area contributed by atoms with Gasteiger partial charge in [0.15, 0.2) is 0 Å². The van der Waals surface area contributed by atoms with Gasteiger partial charge in [-0.1, -0.05) is 11.8 Å². The van der Waals surface area contributed by atoms with Crippen LogP contribution in [0.4, 0.5) is 5.69 Å². The first-order valence-corrected chi connectivity index (χ1v) is 5.11. The third-order valence-electron chi connectivity index (χ3n) is 1.94. The van der Waals surface area contributed by atoms with Crippen LogP contribution in [0.1, 0.15) is 24.5 Å². The van der Waals surface area contributed by atoms with E-state index in [1.54, 1.807) is 25.1 Å². The van der Waals surface area contributed by atoms with Crippen molar-refractivity contribution in [3.05, 3.63) is 29.3 Å². The summed E-state index contributed by atoms with van der Waals surface area (Å²) in [6.45, 7) is 2.08. The van der Waals surface area contributed by atoms with Crippen LogP contribution < -0.4 is 5.73 Å². The predicted molar refractivity (Wildman–Crippen MR) is 63.7 cm³/mol. The fraction of sp³-hybridized carbons (Fsp3) is 0.231. The maximum Gasteiger partial charge on any atom is 0.317 e. The van der Waals surface area contributed by atoms with Crippen LogP contribution in [-0.4, -0.2) is 12.6 Å². The van der Waals surface area contributed by atoms with Gasteiger partial charge in [0, 0.05) is 11.3 Å². The van der Waals surface area contributed by atoms with Crippen LogP contribution in [0.5, 0.6) is 0 Å². The first-order valence-electron chi connectivity index (χ1n) is 5.11. The van der Waals surface area contributed by atoms with Gasteiger partial charge in [-0.2, -0.15) is 5.26 Å². The molecule has 4 heteroatoms. The van der Waals surface area contributed by atoms with E-state index in [9.17, 15) is 4.79 Å². The van der Waals surface area contributed by atoms with E-state index >= 15 is 0 Å². The summed E-state index contributed by atoms with van der Waals surface area (Å²) >= 11 is 0. The second-order valence-corrected chi connectivity index (χ2v) is 3.20. The highest BCUT2D eigenvalue weighted by Gasteiger charge is 1.99. The summed E-state index contributed by atoms with van der Waals surface area (Å²) in [6.07, 6.45) is 0.0179. The average Bonchev–Trinajstić information content (AvgIpc) is 2.32. The van der Waals surface area contributed by atoms with Crippen molar-refractivity contribution >= 4 is 11.7 Å². The number of carbonyl (C=O) groups excluding carboxylic acids is 1. The molecule has 0 aromatic heterocycles. The molecule has 2 N–H and O–H groups in total. The largest absolute Gasteiger partial charge is 0.465 e. The number of nitrogens with two attached hydrogens (primary N) is 1. The van der Waals surface area contributed by atoms with Gasteiger partial charge in [-0.05, 0) is 25.1 Å². The van der Waals surface area contributed by atoms with Crippen LogP contribution in [0.15, 0.2) is 18.2 Å². The molecular weight excluding hydrogens is 216 g/mol. The van der Waals surface area contributed by atoms with Crippen molar-refractivity contribution in [2.45, 2.75) is 13.3 Å². The Balaban J connectivity index is 2.78. The zero-order valence-corrected chi connectivity index (χ0v) is 9.49. The molecule has 0 fully saturated rings. The molecule has 86 valence electrons. The third-order valence-corrected chi connectivity index (χ3v) is 1.94. The highest BCUT2D eigenvalue weighted by Crippen LogP contribution is 2.12. The molecule has 0 heterocycles. The summed E-state index contributed by atoms with van der Waals surface area (Å²) in [5.74, 6) is 5.05. The topological polar surface area (TPSA) is 76.1 Å². The third kappa shape index (κ3) is 3.89. The number of nitrogen functional groups attached to an aromatic ring is 1. The molecule has 0 radical (unpaired) electrons. The maximum atomic E-state index is 11.0. The zero-order chi connectivity index (χ0) is 12.7. The summed E-state index contributed by atoms with van der Waals surface area (Å²) in [5, 5.41) is 8.72. The second-order valence-electron chi connectivity index (χ2n) is 3.20. The van der Waals surface area contributed by atoms with E-state index in [4.69, 9.17) is 15.7 Å². The van der Waals surface area contributed by atoms with Gasteiger partial charge >= 0.3 is 5.97 Å². The molecule has 4 nitrogen and oxygen atoms in total. The van der Waals surface area contributed by atoms with Crippen LogP contribution in [0.3, 0.4) is 0 Å². The summed E-state index contributed by atoms with van der Waals surface area (Å²) in [5.41, 5.74) is 7.21. The molecule has 0 aliphatic heterocycles. The molecule has 0 bridgehead atoms. The van der Waals surface area contributed by atoms with E-state index < -0.39 is 0 Å². The number of carbonyl (C=O) groups is 1. The van der Waals surface area contributed by atoms with Crippen LogP contribution in [-0.2, 0) is 9.53 Å². The molecule has 1 rings (SSSR count). The first-order chi connectivity index (χ1) is 8.17. The van der Waals surface area contributed by atoms with E-state index in [0.29, 0.717) is 23.4 Å². The lowest BCUT2D eigenvalue weighted by atomic mass is 10.1. The van der Waals surface area contributed by atoms with Crippen molar-refractivity contribution in [2.75, 3.05) is 12.3 Å². The number of anilines is 1. The molecule has 0 unspecified atom stereocenters. The van der Waals surface area contributed by atoms with Crippen LogP contribution in [0.2, 0.25) is 0 Å². The molecule has 17 heavy (non-hydrogen) atoms. The second kappa shape index (κ2) is 6.19. The molecule has 0 spiro atoms. The van der Waals surface area contributed by atoms with Gasteiger partial charge in [-0.25, -0.2) is 0 Å². The number of nitrogens with zero attached hydrogens (tertiary/aromatic N) is 1. The number of rotatable bonds is 2. The van der Waals surface area contributed by atoms with E-state index in [2.05, 4.69) is 11.8 Å². The van der Waals surface area contributed by atoms with Crippen LogP contribution >= 0.6 is 0 Å². The minimum Gasteiger partial charge on any atom is -0.465 e. The van der Waals surface area contributed by atoms with E-state index in [1.807, 2.05) is 6.07 Å². The highest BCUT2D eigenvalue weighted by molar-refractivity contribution is 5.73. The lowest BCUT2D eigenvalue weighted by Gasteiger charge is -1.98. The van der Waals surface area contributed by atoms with E-state index in [-0.39, 0.29) is 12.4 Å². The summed E-state index contributed by atoms with van der Waals surface area (Å²) in [4.78, 5) is 11.0. The smallest absolute Gasteiger partial charge is 0.317 e. The molecule has 1 aromatic rings. The Morgan fingerprint density at radius 2 is 2.29 bits per heavy atom. The Morgan fingerprint density at radius 1 is 1.53 bits per heavy atom. The van der Waals surface area contributed by atoms with Crippen LogP contribution in [0, 0.1) is 23.2 Å². The highest BCUT2D eigenvalue weighted by atomic mass is 16.5. The van der Waals surface area contributed by atoms with Crippen molar-refractivity contribution in [3.8, 4) is 17.9 Å². The fourth-order valence-electron chi connectivity index (χ4n) is 1.16. The number of benzene rings is 1.